The summed E-state index contributed by atoms with van der Waals surface area (Å²) in [6.07, 6.45) is 0. The molecule has 5 aromatic rings. The van der Waals surface area contributed by atoms with E-state index in [2.05, 4.69) is 136 Å². The molecule has 0 aliphatic heterocycles. The average molecular weight is 450 g/mol. The fourth-order valence-corrected chi connectivity index (χ4v) is 4.15. The molecule has 0 N–H and O–H groups in total. The summed E-state index contributed by atoms with van der Waals surface area (Å²) in [5.74, 6) is 0. The maximum Gasteiger partial charge on any atom is 0.0462 e. The molecule has 0 fully saturated rings. The molecule has 0 amide bonds. The van der Waals surface area contributed by atoms with Crippen LogP contribution in [0.4, 0.5) is 17.1 Å². The average Bonchev–Trinajstić information content (AvgIpc) is 2.81. The number of rotatable bonds is 4. The van der Waals surface area contributed by atoms with E-state index in [0.29, 0.717) is 0 Å². The third-order valence-corrected chi connectivity index (χ3v) is 5.85. The molecule has 0 atom stereocenters. The molecule has 0 spiro atoms. The molecule has 0 saturated heterocycles. The molecule has 0 radical (unpaired) electrons. The molecule has 5 rings (SSSR count). The van der Waals surface area contributed by atoms with Gasteiger partial charge in [-0.3, -0.25) is 0 Å². The van der Waals surface area contributed by atoms with E-state index in [1.165, 1.54) is 21.9 Å². The zero-order chi connectivity index (χ0) is 20.3. The number of benzene rings is 5. The summed E-state index contributed by atoms with van der Waals surface area (Å²) in [7, 11) is 0. The standard InChI is InChI=1S/C28H20BrN/c29-23-15-19-26(20-16-23)30(24-9-2-1-3-10-24)25-17-13-22(14-18-25)28-12-6-8-21-7-4-5-11-27(21)28/h1-20H. The van der Waals surface area contributed by atoms with Gasteiger partial charge in [0.15, 0.2) is 0 Å². The van der Waals surface area contributed by atoms with Crippen LogP contribution in [-0.4, -0.2) is 0 Å². The number of para-hydroxylation sites is 1. The van der Waals surface area contributed by atoms with Gasteiger partial charge in [-0.2, -0.15) is 0 Å². The molecule has 0 bridgehead atoms. The van der Waals surface area contributed by atoms with E-state index in [1.54, 1.807) is 0 Å². The van der Waals surface area contributed by atoms with Crippen molar-refractivity contribution in [1.82, 2.24) is 0 Å². The highest BCUT2D eigenvalue weighted by Gasteiger charge is 2.12. The molecule has 1 nitrogen and oxygen atoms in total. The molecule has 2 heteroatoms. The summed E-state index contributed by atoms with van der Waals surface area (Å²) < 4.78 is 1.07. The van der Waals surface area contributed by atoms with E-state index in [4.69, 9.17) is 0 Å². The van der Waals surface area contributed by atoms with Crippen LogP contribution in [0.1, 0.15) is 0 Å². The lowest BCUT2D eigenvalue weighted by Gasteiger charge is -2.25. The van der Waals surface area contributed by atoms with Crippen LogP contribution < -0.4 is 4.90 Å². The second kappa shape index (κ2) is 8.17. The van der Waals surface area contributed by atoms with Gasteiger partial charge in [0.2, 0.25) is 0 Å². The smallest absolute Gasteiger partial charge is 0.0462 e. The van der Waals surface area contributed by atoms with E-state index < -0.39 is 0 Å². The molecular weight excluding hydrogens is 430 g/mol. The molecule has 0 heterocycles. The van der Waals surface area contributed by atoms with Crippen molar-refractivity contribution in [1.29, 1.82) is 0 Å². The van der Waals surface area contributed by atoms with E-state index in [9.17, 15) is 0 Å². The van der Waals surface area contributed by atoms with Crippen LogP contribution in [0, 0.1) is 0 Å². The largest absolute Gasteiger partial charge is 0.311 e. The Balaban J connectivity index is 1.59. The summed E-state index contributed by atoms with van der Waals surface area (Å²) in [6.45, 7) is 0. The number of hydrogen-bond acceptors (Lipinski definition) is 1. The van der Waals surface area contributed by atoms with Gasteiger partial charge in [0, 0.05) is 21.5 Å². The predicted octanol–water partition coefficient (Wildman–Crippen LogP) is 8.74. The summed E-state index contributed by atoms with van der Waals surface area (Å²) in [5, 5.41) is 2.54. The van der Waals surface area contributed by atoms with Gasteiger partial charge >= 0.3 is 0 Å². The second-order valence-electron chi connectivity index (χ2n) is 7.22. The van der Waals surface area contributed by atoms with Crippen LogP contribution in [0.2, 0.25) is 0 Å². The lowest BCUT2D eigenvalue weighted by atomic mass is 9.98. The lowest BCUT2D eigenvalue weighted by Crippen LogP contribution is -2.09. The van der Waals surface area contributed by atoms with Gasteiger partial charge in [0.25, 0.3) is 0 Å². The van der Waals surface area contributed by atoms with Crippen LogP contribution in [0.25, 0.3) is 21.9 Å². The van der Waals surface area contributed by atoms with Gasteiger partial charge < -0.3 is 4.90 Å². The van der Waals surface area contributed by atoms with Crippen LogP contribution >= 0.6 is 15.9 Å². The van der Waals surface area contributed by atoms with Gasteiger partial charge in [0.05, 0.1) is 0 Å². The Morgan fingerprint density at radius 1 is 0.467 bits per heavy atom. The molecule has 0 unspecified atom stereocenters. The number of halogens is 1. The first kappa shape index (κ1) is 18.7. The van der Waals surface area contributed by atoms with E-state index in [1.807, 2.05) is 6.07 Å². The number of anilines is 3. The summed E-state index contributed by atoms with van der Waals surface area (Å²) in [4.78, 5) is 2.28. The van der Waals surface area contributed by atoms with Crippen LogP contribution in [0.5, 0.6) is 0 Å². The van der Waals surface area contributed by atoms with Crippen molar-refractivity contribution in [3.05, 3.63) is 126 Å². The minimum atomic E-state index is 1.07. The van der Waals surface area contributed by atoms with Crippen molar-refractivity contribution in [2.75, 3.05) is 4.90 Å². The van der Waals surface area contributed by atoms with Crippen molar-refractivity contribution in [3.63, 3.8) is 0 Å². The fourth-order valence-electron chi connectivity index (χ4n) is 3.88. The van der Waals surface area contributed by atoms with Crippen molar-refractivity contribution < 1.29 is 0 Å². The Morgan fingerprint density at radius 3 is 1.77 bits per heavy atom. The highest BCUT2D eigenvalue weighted by molar-refractivity contribution is 9.10. The molecule has 0 aliphatic carbocycles. The Morgan fingerprint density at radius 2 is 1.03 bits per heavy atom. The van der Waals surface area contributed by atoms with E-state index in [-0.39, 0.29) is 0 Å². The van der Waals surface area contributed by atoms with Gasteiger partial charge in [-0.15, -0.1) is 0 Å². The Hall–Kier alpha value is -3.36. The zero-order valence-corrected chi connectivity index (χ0v) is 18.0. The maximum absolute atomic E-state index is 3.54. The van der Waals surface area contributed by atoms with E-state index >= 15 is 0 Å². The fraction of sp³-hybridized carbons (Fsp3) is 0. The van der Waals surface area contributed by atoms with Crippen LogP contribution in [-0.2, 0) is 0 Å². The minimum Gasteiger partial charge on any atom is -0.311 e. The molecule has 144 valence electrons. The van der Waals surface area contributed by atoms with Crippen molar-refractivity contribution in [2.45, 2.75) is 0 Å². The third-order valence-electron chi connectivity index (χ3n) is 5.33. The summed E-state index contributed by atoms with van der Waals surface area (Å²) >= 11 is 3.54. The monoisotopic (exact) mass is 449 g/mol. The van der Waals surface area contributed by atoms with Crippen molar-refractivity contribution in [3.8, 4) is 11.1 Å². The first-order chi connectivity index (χ1) is 14.8. The summed E-state index contributed by atoms with van der Waals surface area (Å²) in [6, 6.07) is 42.8. The first-order valence-electron chi connectivity index (χ1n) is 9.98. The molecule has 0 saturated carbocycles. The zero-order valence-electron chi connectivity index (χ0n) is 16.4. The van der Waals surface area contributed by atoms with E-state index in [0.717, 1.165) is 21.5 Å². The van der Waals surface area contributed by atoms with Crippen LogP contribution in [0.3, 0.4) is 0 Å². The molecule has 5 aromatic carbocycles. The third kappa shape index (κ3) is 3.62. The van der Waals surface area contributed by atoms with Gasteiger partial charge in [0.1, 0.15) is 0 Å². The molecule has 0 aliphatic rings. The highest BCUT2D eigenvalue weighted by atomic mass is 79.9. The number of fused-ring (bicyclic) bond motifs is 1. The van der Waals surface area contributed by atoms with Gasteiger partial charge in [-0.25, -0.2) is 0 Å². The minimum absolute atomic E-state index is 1.07. The topological polar surface area (TPSA) is 3.24 Å². The lowest BCUT2D eigenvalue weighted by molar-refractivity contribution is 1.28. The highest BCUT2D eigenvalue weighted by Crippen LogP contribution is 2.36. The summed E-state index contributed by atoms with van der Waals surface area (Å²) in [5.41, 5.74) is 5.88. The Kier molecular flexibility index (Phi) is 5.08. The van der Waals surface area contributed by atoms with Crippen molar-refractivity contribution in [2.24, 2.45) is 0 Å². The number of nitrogens with zero attached hydrogens (tertiary/aromatic N) is 1. The van der Waals surface area contributed by atoms with Gasteiger partial charge in [-0.1, -0.05) is 88.7 Å². The quantitative estimate of drug-likeness (QED) is 0.265. The second-order valence-corrected chi connectivity index (χ2v) is 8.14. The SMILES string of the molecule is Brc1ccc(N(c2ccccc2)c2ccc(-c3cccc4ccccc34)cc2)cc1. The Labute approximate surface area is 185 Å². The molecule has 0 aromatic heterocycles. The van der Waals surface area contributed by atoms with Crippen LogP contribution in [0.15, 0.2) is 126 Å². The van der Waals surface area contributed by atoms with Gasteiger partial charge in [-0.05, 0) is 70.4 Å². The molecular formula is C28H20BrN. The number of hydrogen-bond donors (Lipinski definition) is 0. The van der Waals surface area contributed by atoms with Crippen molar-refractivity contribution >= 4 is 43.8 Å². The predicted molar refractivity (Wildman–Crippen MR) is 132 cm³/mol. The Bertz CT molecular complexity index is 1270. The molecule has 30 heavy (non-hydrogen) atoms. The maximum atomic E-state index is 3.54. The first-order valence-corrected chi connectivity index (χ1v) is 10.8. The normalized spacial score (nSPS) is 10.8.